The maximum Gasteiger partial charge on any atom is 0.317 e. The van der Waals surface area contributed by atoms with Gasteiger partial charge in [-0.2, -0.15) is 0 Å². The van der Waals surface area contributed by atoms with Crippen LogP contribution in [0.1, 0.15) is 30.9 Å². The van der Waals surface area contributed by atoms with Gasteiger partial charge in [0.15, 0.2) is 6.61 Å². The van der Waals surface area contributed by atoms with Gasteiger partial charge in [-0.1, -0.05) is 48.0 Å². The number of carbonyl (C=O) groups excluding carboxylic acids is 3. The monoisotopic (exact) mass is 428 g/mol. The quantitative estimate of drug-likeness (QED) is 0.736. The lowest BCUT2D eigenvalue weighted by atomic mass is 9.72. The summed E-state index contributed by atoms with van der Waals surface area (Å²) in [6.45, 7) is 3.93. The fourth-order valence-electron chi connectivity index (χ4n) is 3.71. The number of anilines is 1. The Hall–Kier alpha value is -2.86. The minimum absolute atomic E-state index is 0.0128. The number of halogens is 1. The number of hydrogen-bond acceptors (Lipinski definition) is 4. The molecule has 0 aromatic heterocycles. The lowest BCUT2D eigenvalue weighted by Crippen LogP contribution is -2.49. The van der Waals surface area contributed by atoms with Gasteiger partial charge >= 0.3 is 5.97 Å². The molecule has 2 amide bonds. The fourth-order valence-corrected chi connectivity index (χ4v) is 3.89. The van der Waals surface area contributed by atoms with Crippen molar-refractivity contribution in [1.82, 2.24) is 4.90 Å². The molecule has 0 unspecified atom stereocenters. The third-order valence-electron chi connectivity index (χ3n) is 5.57. The largest absolute Gasteiger partial charge is 0.455 e. The van der Waals surface area contributed by atoms with E-state index in [4.69, 9.17) is 16.3 Å². The molecule has 1 saturated heterocycles. The molecule has 1 aliphatic rings. The highest BCUT2D eigenvalue weighted by molar-refractivity contribution is 6.31. The molecule has 158 valence electrons. The van der Waals surface area contributed by atoms with Gasteiger partial charge in [0.05, 0.1) is 5.41 Å². The summed E-state index contributed by atoms with van der Waals surface area (Å²) in [5.74, 6) is -0.900. The van der Waals surface area contributed by atoms with Crippen LogP contribution in [0.4, 0.5) is 5.69 Å². The topological polar surface area (TPSA) is 75.7 Å². The lowest BCUT2D eigenvalue weighted by Gasteiger charge is -2.40. The molecule has 1 heterocycles. The molecule has 2 aromatic carbocycles. The number of ether oxygens (including phenoxy) is 1. The van der Waals surface area contributed by atoms with Crippen LogP contribution in [-0.4, -0.2) is 42.4 Å². The number of rotatable bonds is 5. The molecule has 7 heteroatoms. The Balaban J connectivity index is 1.69. The van der Waals surface area contributed by atoms with E-state index in [0.717, 1.165) is 11.1 Å². The second kappa shape index (κ2) is 9.30. The molecule has 6 nitrogen and oxygen atoms in total. The molecule has 1 aliphatic heterocycles. The number of nitrogens with one attached hydrogen (secondary N) is 1. The molecule has 0 atom stereocenters. The van der Waals surface area contributed by atoms with Crippen molar-refractivity contribution in [2.75, 3.05) is 25.0 Å². The van der Waals surface area contributed by atoms with Gasteiger partial charge in [-0.05, 0) is 43.0 Å². The number of aryl methyl sites for hydroxylation is 1. The van der Waals surface area contributed by atoms with Gasteiger partial charge in [-0.3, -0.25) is 14.4 Å². The maximum atomic E-state index is 13.1. The highest BCUT2D eigenvalue weighted by Gasteiger charge is 2.44. The van der Waals surface area contributed by atoms with Crippen LogP contribution in [0.3, 0.4) is 0 Å². The molecule has 0 bridgehead atoms. The van der Waals surface area contributed by atoms with Gasteiger partial charge in [0.2, 0.25) is 5.91 Å². The summed E-state index contributed by atoms with van der Waals surface area (Å²) >= 11 is 6.08. The zero-order valence-corrected chi connectivity index (χ0v) is 17.9. The van der Waals surface area contributed by atoms with Crippen LogP contribution in [0, 0.1) is 6.92 Å². The first kappa shape index (κ1) is 21.8. The molecule has 0 radical (unpaired) electrons. The predicted molar refractivity (Wildman–Crippen MR) is 115 cm³/mol. The Labute approximate surface area is 181 Å². The van der Waals surface area contributed by atoms with Gasteiger partial charge in [0.25, 0.3) is 5.91 Å². The first-order chi connectivity index (χ1) is 14.3. The van der Waals surface area contributed by atoms with Crippen LogP contribution in [0.25, 0.3) is 0 Å². The summed E-state index contributed by atoms with van der Waals surface area (Å²) in [5.41, 5.74) is 1.41. The second-order valence-electron chi connectivity index (χ2n) is 7.54. The summed E-state index contributed by atoms with van der Waals surface area (Å²) in [5, 5.41) is 3.24. The zero-order valence-electron chi connectivity index (χ0n) is 17.1. The van der Waals surface area contributed by atoms with Crippen molar-refractivity contribution < 1.29 is 19.1 Å². The van der Waals surface area contributed by atoms with Crippen molar-refractivity contribution in [2.24, 2.45) is 0 Å². The zero-order chi connectivity index (χ0) is 21.7. The molecule has 3 rings (SSSR count). The van der Waals surface area contributed by atoms with Crippen LogP contribution < -0.4 is 5.32 Å². The molecule has 0 spiro atoms. The Morgan fingerprint density at radius 3 is 2.37 bits per heavy atom. The summed E-state index contributed by atoms with van der Waals surface area (Å²) < 4.78 is 5.44. The van der Waals surface area contributed by atoms with E-state index in [9.17, 15) is 14.4 Å². The Morgan fingerprint density at radius 2 is 1.77 bits per heavy atom. The second-order valence-corrected chi connectivity index (χ2v) is 7.95. The maximum absolute atomic E-state index is 13.1. The number of amides is 2. The number of piperidine rings is 1. The van der Waals surface area contributed by atoms with Crippen LogP contribution in [0.15, 0.2) is 48.5 Å². The van der Waals surface area contributed by atoms with Crippen molar-refractivity contribution in [1.29, 1.82) is 0 Å². The van der Waals surface area contributed by atoms with Crippen LogP contribution >= 0.6 is 11.6 Å². The standard InChI is InChI=1S/C23H25ClN2O4/c1-16-8-9-19(14-20(16)24)25-21(28)15-30-22(29)23(18-6-4-3-5-7-18)10-12-26(13-11-23)17(2)27/h3-9,14H,10-13,15H2,1-2H3,(H,25,28). The first-order valence-electron chi connectivity index (χ1n) is 9.86. The van der Waals surface area contributed by atoms with Gasteiger partial charge in [0, 0.05) is 30.7 Å². The SMILES string of the molecule is CC(=O)N1CCC(C(=O)OCC(=O)Nc2ccc(C)c(Cl)c2)(c2ccccc2)CC1. The van der Waals surface area contributed by atoms with E-state index in [-0.39, 0.29) is 5.91 Å². The van der Waals surface area contributed by atoms with E-state index in [2.05, 4.69) is 5.32 Å². The first-order valence-corrected chi connectivity index (χ1v) is 10.2. The van der Waals surface area contributed by atoms with Crippen molar-refractivity contribution in [3.63, 3.8) is 0 Å². The Morgan fingerprint density at radius 1 is 1.10 bits per heavy atom. The summed E-state index contributed by atoms with van der Waals surface area (Å²) in [6.07, 6.45) is 0.898. The van der Waals surface area contributed by atoms with Gasteiger partial charge < -0.3 is 15.0 Å². The van der Waals surface area contributed by atoms with Crippen molar-refractivity contribution in [3.8, 4) is 0 Å². The number of benzene rings is 2. The molecule has 1 fully saturated rings. The molecule has 1 N–H and O–H groups in total. The van der Waals surface area contributed by atoms with Crippen molar-refractivity contribution in [3.05, 3.63) is 64.7 Å². The summed E-state index contributed by atoms with van der Waals surface area (Å²) in [6, 6.07) is 14.6. The van der Waals surface area contributed by atoms with Gasteiger partial charge in [-0.15, -0.1) is 0 Å². The normalized spacial score (nSPS) is 15.4. The molecule has 30 heavy (non-hydrogen) atoms. The Bertz CT molecular complexity index is 937. The summed E-state index contributed by atoms with van der Waals surface area (Å²) in [7, 11) is 0. The van der Waals surface area contributed by atoms with Crippen LogP contribution in [-0.2, 0) is 24.5 Å². The Kier molecular flexibility index (Phi) is 6.77. The number of hydrogen-bond donors (Lipinski definition) is 1. The third kappa shape index (κ3) is 4.82. The van der Waals surface area contributed by atoms with E-state index in [1.807, 2.05) is 37.3 Å². The predicted octanol–water partition coefficient (Wildman–Crippen LogP) is 3.71. The van der Waals surface area contributed by atoms with E-state index >= 15 is 0 Å². The molecule has 0 saturated carbocycles. The van der Waals surface area contributed by atoms with E-state index in [1.54, 1.807) is 23.1 Å². The van der Waals surface area contributed by atoms with Crippen LogP contribution in [0.5, 0.6) is 0 Å². The fraction of sp³-hybridized carbons (Fsp3) is 0.348. The van der Waals surface area contributed by atoms with E-state index in [1.165, 1.54) is 6.92 Å². The smallest absolute Gasteiger partial charge is 0.317 e. The molecule has 2 aromatic rings. The average Bonchev–Trinajstić information content (AvgIpc) is 2.75. The highest BCUT2D eigenvalue weighted by Crippen LogP contribution is 2.37. The third-order valence-corrected chi connectivity index (χ3v) is 5.98. The number of nitrogens with zero attached hydrogens (tertiary/aromatic N) is 1. The molecular weight excluding hydrogens is 404 g/mol. The van der Waals surface area contributed by atoms with Gasteiger partial charge in [0.1, 0.15) is 0 Å². The van der Waals surface area contributed by atoms with E-state index in [0.29, 0.717) is 36.6 Å². The lowest BCUT2D eigenvalue weighted by molar-refractivity contribution is -0.156. The van der Waals surface area contributed by atoms with Gasteiger partial charge in [-0.25, -0.2) is 0 Å². The van der Waals surface area contributed by atoms with E-state index < -0.39 is 23.9 Å². The number of esters is 1. The number of likely N-dealkylation sites (tertiary alicyclic amines) is 1. The minimum atomic E-state index is -0.874. The van der Waals surface area contributed by atoms with Crippen LogP contribution in [0.2, 0.25) is 5.02 Å². The van der Waals surface area contributed by atoms with Crippen molar-refractivity contribution in [2.45, 2.75) is 32.1 Å². The highest BCUT2D eigenvalue weighted by atomic mass is 35.5. The minimum Gasteiger partial charge on any atom is -0.455 e. The summed E-state index contributed by atoms with van der Waals surface area (Å²) in [4.78, 5) is 38.8. The number of carbonyl (C=O) groups is 3. The average molecular weight is 429 g/mol. The molecule has 0 aliphatic carbocycles. The molecular formula is C23H25ClN2O4. The van der Waals surface area contributed by atoms with Crippen molar-refractivity contribution >= 4 is 35.1 Å².